The Morgan fingerprint density at radius 2 is 1.73 bits per heavy atom. The number of benzene rings is 1. The van der Waals surface area contributed by atoms with E-state index in [1.165, 1.54) is 36.7 Å². The smallest absolute Gasteiger partial charge is 0.176 e. The van der Waals surface area contributed by atoms with E-state index in [4.69, 9.17) is 4.74 Å². The first kappa shape index (κ1) is 23.7. The molecule has 0 amide bonds. The summed E-state index contributed by atoms with van der Waals surface area (Å²) in [6.45, 7) is -0.782. The second kappa shape index (κ2) is 9.41. The molecule has 3 heterocycles. The van der Waals surface area contributed by atoms with E-state index in [0.29, 0.717) is 0 Å². The number of rotatable bonds is 5. The highest BCUT2D eigenvalue weighted by atomic mass is 32.2. The van der Waals surface area contributed by atoms with Crippen molar-refractivity contribution >= 4 is 23.5 Å². The number of nitrogens with zero attached hydrogens (tertiary/aromatic N) is 1. The highest BCUT2D eigenvalue weighted by molar-refractivity contribution is 7.99. The highest BCUT2D eigenvalue weighted by Gasteiger charge is 2.45. The predicted octanol–water partition coefficient (Wildman–Crippen LogP) is 1.86. The first-order chi connectivity index (χ1) is 15.8. The lowest BCUT2D eigenvalue weighted by Crippen LogP contribution is -2.57. The molecule has 2 aliphatic rings. The summed E-state index contributed by atoms with van der Waals surface area (Å²) in [6, 6.07) is 2.99. The van der Waals surface area contributed by atoms with E-state index in [-0.39, 0.29) is 28.7 Å². The van der Waals surface area contributed by atoms with Crippen LogP contribution in [0.15, 0.2) is 46.1 Å². The SMILES string of the molecule is OCC1O[C@@H](Sc2c(F)c(F)c(/C(=C3\C=CC=N3)c3ccc[nH]3)c(F)c2F)C(O)[C@@H](O)[C@@H]1O. The van der Waals surface area contributed by atoms with E-state index < -0.39 is 70.2 Å². The normalized spacial score (nSPS) is 28.5. The Kier molecular flexibility index (Phi) is 6.75. The molecule has 0 spiro atoms. The number of thioether (sulfide) groups is 1. The second-order valence-electron chi connectivity index (χ2n) is 7.26. The van der Waals surface area contributed by atoms with Gasteiger partial charge in [0.2, 0.25) is 0 Å². The summed E-state index contributed by atoms with van der Waals surface area (Å²) in [5.41, 5.74) is -2.59. The molecule has 0 saturated carbocycles. The number of hydrogen-bond donors (Lipinski definition) is 5. The molecule has 5 atom stereocenters. The van der Waals surface area contributed by atoms with Crippen molar-refractivity contribution in [1.29, 1.82) is 0 Å². The van der Waals surface area contributed by atoms with E-state index in [1.807, 2.05) is 0 Å². The molecule has 2 aliphatic heterocycles. The van der Waals surface area contributed by atoms with Gasteiger partial charge >= 0.3 is 0 Å². The summed E-state index contributed by atoms with van der Waals surface area (Å²) in [7, 11) is 0. The number of aliphatic hydroxyl groups excluding tert-OH is 4. The molecule has 1 fully saturated rings. The maximum Gasteiger partial charge on any atom is 0.176 e. The van der Waals surface area contributed by atoms with Gasteiger partial charge in [-0.15, -0.1) is 0 Å². The third kappa shape index (κ3) is 4.14. The van der Waals surface area contributed by atoms with Crippen LogP contribution in [-0.2, 0) is 4.74 Å². The zero-order valence-electron chi connectivity index (χ0n) is 16.6. The minimum Gasteiger partial charge on any atom is -0.394 e. The van der Waals surface area contributed by atoms with Crippen LogP contribution in [0.25, 0.3) is 5.57 Å². The fourth-order valence-corrected chi connectivity index (χ4v) is 4.67. The lowest BCUT2D eigenvalue weighted by atomic mass is 9.98. The van der Waals surface area contributed by atoms with E-state index in [0.717, 1.165) is 0 Å². The van der Waals surface area contributed by atoms with E-state index in [9.17, 15) is 20.4 Å². The molecule has 2 aromatic rings. The lowest BCUT2D eigenvalue weighted by Gasteiger charge is -2.39. The maximum absolute atomic E-state index is 15.2. The summed E-state index contributed by atoms with van der Waals surface area (Å²) in [5, 5.41) is 39.1. The van der Waals surface area contributed by atoms with Crippen LogP contribution < -0.4 is 0 Å². The summed E-state index contributed by atoms with van der Waals surface area (Å²) in [6.07, 6.45) is -1.05. The van der Waals surface area contributed by atoms with Crippen LogP contribution in [0.2, 0.25) is 0 Å². The van der Waals surface area contributed by atoms with Gasteiger partial charge in [-0.25, -0.2) is 17.6 Å². The fourth-order valence-electron chi connectivity index (χ4n) is 3.55. The topological polar surface area (TPSA) is 118 Å². The van der Waals surface area contributed by atoms with Gasteiger partial charge in [-0.1, -0.05) is 11.8 Å². The number of hydrogen-bond acceptors (Lipinski definition) is 7. The Morgan fingerprint density at radius 1 is 1.03 bits per heavy atom. The first-order valence-corrected chi connectivity index (χ1v) is 10.6. The maximum atomic E-state index is 15.2. The molecule has 33 heavy (non-hydrogen) atoms. The molecule has 12 heteroatoms. The number of nitrogens with one attached hydrogen (secondary N) is 1. The van der Waals surface area contributed by atoms with Crippen molar-refractivity contribution < 1.29 is 42.7 Å². The van der Waals surface area contributed by atoms with Gasteiger partial charge < -0.3 is 30.1 Å². The monoisotopic (exact) mass is 486 g/mol. The Bertz CT molecular complexity index is 1090. The molecule has 4 rings (SSSR count). The van der Waals surface area contributed by atoms with Gasteiger partial charge in [0, 0.05) is 23.7 Å². The molecule has 1 aromatic heterocycles. The average Bonchev–Trinajstić information content (AvgIpc) is 3.53. The lowest BCUT2D eigenvalue weighted by molar-refractivity contribution is -0.205. The molecular formula is C21H18F4N2O5S. The summed E-state index contributed by atoms with van der Waals surface area (Å²) < 4.78 is 65.6. The minimum absolute atomic E-state index is 0.0726. The number of halogens is 4. The van der Waals surface area contributed by atoms with Crippen molar-refractivity contribution in [2.75, 3.05) is 6.61 Å². The Balaban J connectivity index is 1.79. The van der Waals surface area contributed by atoms with Crippen molar-refractivity contribution in [3.05, 3.63) is 70.7 Å². The van der Waals surface area contributed by atoms with Crippen molar-refractivity contribution in [3.8, 4) is 0 Å². The number of aliphatic hydroxyl groups is 4. The average molecular weight is 486 g/mol. The van der Waals surface area contributed by atoms with Gasteiger partial charge in [-0.05, 0) is 24.3 Å². The zero-order valence-corrected chi connectivity index (χ0v) is 17.4. The number of aromatic amines is 1. The number of aliphatic imine (C=N–C) groups is 1. The summed E-state index contributed by atoms with van der Waals surface area (Å²) >= 11 is 0.0774. The molecule has 176 valence electrons. The van der Waals surface area contributed by atoms with E-state index in [1.54, 1.807) is 0 Å². The van der Waals surface area contributed by atoms with Crippen LogP contribution in [0.1, 0.15) is 11.3 Å². The fraction of sp³-hybridized carbons (Fsp3) is 0.286. The Labute approximate surface area is 188 Å². The number of allylic oxidation sites excluding steroid dienone is 2. The molecule has 0 bridgehead atoms. The number of aromatic nitrogens is 1. The molecule has 2 unspecified atom stereocenters. The van der Waals surface area contributed by atoms with Gasteiger partial charge in [0.1, 0.15) is 29.9 Å². The predicted molar refractivity (Wildman–Crippen MR) is 110 cm³/mol. The van der Waals surface area contributed by atoms with Gasteiger partial charge in [0.25, 0.3) is 0 Å². The zero-order chi connectivity index (χ0) is 23.9. The van der Waals surface area contributed by atoms with Gasteiger partial charge in [-0.2, -0.15) is 0 Å². The van der Waals surface area contributed by atoms with E-state index >= 15 is 17.6 Å². The first-order valence-electron chi connectivity index (χ1n) is 9.68. The molecule has 1 saturated heterocycles. The Morgan fingerprint density at radius 3 is 2.27 bits per heavy atom. The molecule has 0 aliphatic carbocycles. The summed E-state index contributed by atoms with van der Waals surface area (Å²) in [5.74, 6) is -6.90. The van der Waals surface area contributed by atoms with Gasteiger partial charge in [0.15, 0.2) is 23.3 Å². The van der Waals surface area contributed by atoms with E-state index in [2.05, 4.69) is 9.98 Å². The molecular weight excluding hydrogens is 468 g/mol. The highest BCUT2D eigenvalue weighted by Crippen LogP contribution is 2.41. The molecule has 7 nitrogen and oxygen atoms in total. The number of H-pyrrole nitrogens is 1. The standard InChI is InChI=1S/C21H18F4N2O5S/c22-13-12(11(8-3-1-5-26-8)9-4-2-6-27-9)14(23)16(25)20(15(13)24)33-21-19(31)18(30)17(29)10(7-28)32-21/h1-6,10,17-19,21,26,28-31H,7H2/b11-9+/t10?,17-,18+,19?,21+/m1/s1. The van der Waals surface area contributed by atoms with Crippen LogP contribution in [-0.4, -0.2) is 68.1 Å². The number of ether oxygens (including phenoxy) is 1. The van der Waals surface area contributed by atoms with Crippen molar-refractivity contribution in [2.45, 2.75) is 34.7 Å². The summed E-state index contributed by atoms with van der Waals surface area (Å²) in [4.78, 5) is 5.58. The van der Waals surface area contributed by atoms with Crippen molar-refractivity contribution in [3.63, 3.8) is 0 Å². The minimum atomic E-state index is -1.87. The van der Waals surface area contributed by atoms with Gasteiger partial charge in [0.05, 0.1) is 22.8 Å². The largest absolute Gasteiger partial charge is 0.394 e. The van der Waals surface area contributed by atoms with Crippen LogP contribution >= 0.6 is 11.8 Å². The van der Waals surface area contributed by atoms with Crippen molar-refractivity contribution in [2.24, 2.45) is 4.99 Å². The van der Waals surface area contributed by atoms with Crippen LogP contribution in [0.5, 0.6) is 0 Å². The van der Waals surface area contributed by atoms with Gasteiger partial charge in [-0.3, -0.25) is 4.99 Å². The molecule has 0 radical (unpaired) electrons. The van der Waals surface area contributed by atoms with Crippen LogP contribution in [0, 0.1) is 23.3 Å². The third-order valence-corrected chi connectivity index (χ3v) is 6.45. The quantitative estimate of drug-likeness (QED) is 0.325. The third-order valence-electron chi connectivity index (χ3n) is 5.23. The molecule has 1 aromatic carbocycles. The van der Waals surface area contributed by atoms with Crippen LogP contribution in [0.3, 0.4) is 0 Å². The molecule has 5 N–H and O–H groups in total. The van der Waals surface area contributed by atoms with Crippen LogP contribution in [0.4, 0.5) is 17.6 Å². The Hall–Kier alpha value is -2.48. The van der Waals surface area contributed by atoms with Crippen molar-refractivity contribution in [1.82, 2.24) is 4.98 Å². The second-order valence-corrected chi connectivity index (χ2v) is 8.37.